The van der Waals surface area contributed by atoms with Gasteiger partial charge in [0.05, 0.1) is 13.7 Å². The van der Waals surface area contributed by atoms with Crippen molar-refractivity contribution < 1.29 is 23.5 Å². The predicted molar refractivity (Wildman–Crippen MR) is 117 cm³/mol. The minimum absolute atomic E-state index is 0.176. The smallest absolute Gasteiger partial charge is 0.269 e. The van der Waals surface area contributed by atoms with Gasteiger partial charge in [0, 0.05) is 24.0 Å². The van der Waals surface area contributed by atoms with Crippen molar-refractivity contribution in [1.82, 2.24) is 10.9 Å². The molecule has 2 N–H and O–H groups in total. The number of aryl methyl sites for hydroxylation is 1. The van der Waals surface area contributed by atoms with Gasteiger partial charge in [-0.05, 0) is 36.8 Å². The van der Waals surface area contributed by atoms with E-state index in [1.807, 2.05) is 49.4 Å². The highest BCUT2D eigenvalue weighted by Crippen LogP contribution is 2.28. The summed E-state index contributed by atoms with van der Waals surface area (Å²) in [5.74, 6) is 1.72. The van der Waals surface area contributed by atoms with E-state index in [4.69, 9.17) is 13.9 Å². The number of amides is 2. The average Bonchev–Trinajstić information content (AvgIpc) is 3.29. The summed E-state index contributed by atoms with van der Waals surface area (Å²) in [5.41, 5.74) is 6.16. The fraction of sp³-hybridized carbons (Fsp3) is 0.250. The molecule has 3 aromatic rings. The lowest BCUT2D eigenvalue weighted by molar-refractivity contribution is -0.121. The van der Waals surface area contributed by atoms with Crippen LogP contribution >= 0.6 is 0 Å². The molecule has 7 heteroatoms. The topological polar surface area (TPSA) is 89.8 Å². The lowest BCUT2D eigenvalue weighted by atomic mass is 10.2. The SMILES string of the molecule is CCCOc1ccc(C(=O)NNC(=O)CCc2ccc(-c3ccccc3)o2)cc1OC. The molecule has 0 aliphatic rings. The van der Waals surface area contributed by atoms with Crippen molar-refractivity contribution >= 4 is 11.8 Å². The molecule has 0 fully saturated rings. The van der Waals surface area contributed by atoms with Gasteiger partial charge in [-0.15, -0.1) is 0 Å². The van der Waals surface area contributed by atoms with Gasteiger partial charge in [-0.25, -0.2) is 0 Å². The van der Waals surface area contributed by atoms with Gasteiger partial charge in [0.25, 0.3) is 5.91 Å². The Balaban J connectivity index is 1.48. The molecule has 7 nitrogen and oxygen atoms in total. The van der Waals surface area contributed by atoms with E-state index in [0.717, 1.165) is 17.7 Å². The van der Waals surface area contributed by atoms with Crippen LogP contribution in [-0.4, -0.2) is 25.5 Å². The van der Waals surface area contributed by atoms with Crippen LogP contribution in [0, 0.1) is 0 Å². The first-order valence-corrected chi connectivity index (χ1v) is 10.1. The van der Waals surface area contributed by atoms with Gasteiger partial charge in [-0.2, -0.15) is 0 Å². The molecule has 1 heterocycles. The summed E-state index contributed by atoms with van der Waals surface area (Å²) < 4.78 is 16.6. The van der Waals surface area contributed by atoms with Gasteiger partial charge in [0.2, 0.25) is 5.91 Å². The Hall–Kier alpha value is -3.74. The van der Waals surface area contributed by atoms with Gasteiger partial charge in [0.1, 0.15) is 11.5 Å². The summed E-state index contributed by atoms with van der Waals surface area (Å²) in [6.45, 7) is 2.56. The van der Waals surface area contributed by atoms with E-state index in [-0.39, 0.29) is 12.3 Å². The summed E-state index contributed by atoms with van der Waals surface area (Å²) in [4.78, 5) is 24.4. The van der Waals surface area contributed by atoms with Crippen molar-refractivity contribution in [3.63, 3.8) is 0 Å². The molecular formula is C24H26N2O5. The minimum Gasteiger partial charge on any atom is -0.493 e. The highest BCUT2D eigenvalue weighted by Gasteiger charge is 2.13. The molecule has 2 amide bonds. The maximum absolute atomic E-state index is 12.3. The summed E-state index contributed by atoms with van der Waals surface area (Å²) >= 11 is 0. The van der Waals surface area contributed by atoms with E-state index < -0.39 is 5.91 Å². The molecule has 2 aromatic carbocycles. The molecule has 0 saturated heterocycles. The third-order valence-electron chi connectivity index (χ3n) is 4.52. The number of nitrogens with one attached hydrogen (secondary N) is 2. The Kier molecular flexibility index (Phi) is 7.70. The first-order chi connectivity index (χ1) is 15.1. The van der Waals surface area contributed by atoms with Crippen molar-refractivity contribution in [2.75, 3.05) is 13.7 Å². The molecule has 1 aromatic heterocycles. The predicted octanol–water partition coefficient (Wildman–Crippen LogP) is 4.14. The molecule has 0 saturated carbocycles. The monoisotopic (exact) mass is 422 g/mol. The Morgan fingerprint density at radius 3 is 2.52 bits per heavy atom. The standard InChI is InChI=1S/C24H26N2O5/c1-3-15-30-21-12-9-18(16-22(21)29-2)24(28)26-25-23(27)14-11-19-10-13-20(31-19)17-7-5-4-6-8-17/h4-10,12-13,16H,3,11,14-15H2,1-2H3,(H,25,27)(H,26,28). The molecular weight excluding hydrogens is 396 g/mol. The first kappa shape index (κ1) is 22.0. The molecule has 162 valence electrons. The Morgan fingerprint density at radius 1 is 0.968 bits per heavy atom. The number of hydrogen-bond donors (Lipinski definition) is 2. The number of hydrazine groups is 1. The average molecular weight is 422 g/mol. The van der Waals surface area contributed by atoms with Gasteiger partial charge in [-0.1, -0.05) is 37.3 Å². The van der Waals surface area contributed by atoms with E-state index in [9.17, 15) is 9.59 Å². The van der Waals surface area contributed by atoms with Crippen LogP contribution in [0.4, 0.5) is 0 Å². The highest BCUT2D eigenvalue weighted by atomic mass is 16.5. The van der Waals surface area contributed by atoms with Crippen LogP contribution in [0.5, 0.6) is 11.5 Å². The maximum Gasteiger partial charge on any atom is 0.269 e. The number of furan rings is 1. The second kappa shape index (κ2) is 10.9. The molecule has 31 heavy (non-hydrogen) atoms. The normalized spacial score (nSPS) is 10.4. The highest BCUT2D eigenvalue weighted by molar-refractivity contribution is 5.96. The molecule has 0 radical (unpaired) electrons. The third kappa shape index (κ3) is 6.12. The maximum atomic E-state index is 12.3. The van der Waals surface area contributed by atoms with Gasteiger partial charge >= 0.3 is 0 Å². The van der Waals surface area contributed by atoms with Gasteiger partial charge in [0.15, 0.2) is 11.5 Å². The molecule has 0 unspecified atom stereocenters. The van der Waals surface area contributed by atoms with Crippen LogP contribution in [0.3, 0.4) is 0 Å². The second-order valence-electron chi connectivity index (χ2n) is 6.85. The fourth-order valence-electron chi connectivity index (χ4n) is 2.91. The summed E-state index contributed by atoms with van der Waals surface area (Å²) in [7, 11) is 1.51. The number of carbonyl (C=O) groups excluding carboxylic acids is 2. The Labute approximate surface area is 181 Å². The number of benzene rings is 2. The van der Waals surface area contributed by atoms with E-state index in [0.29, 0.717) is 35.9 Å². The Bertz CT molecular complexity index is 1010. The molecule has 0 aliphatic heterocycles. The van der Waals surface area contributed by atoms with Gasteiger partial charge < -0.3 is 13.9 Å². The van der Waals surface area contributed by atoms with Crippen LogP contribution in [-0.2, 0) is 11.2 Å². The molecule has 0 bridgehead atoms. The zero-order valence-electron chi connectivity index (χ0n) is 17.6. The lowest BCUT2D eigenvalue weighted by Crippen LogP contribution is -2.41. The largest absolute Gasteiger partial charge is 0.493 e. The number of methoxy groups -OCH3 is 1. The minimum atomic E-state index is -0.446. The first-order valence-electron chi connectivity index (χ1n) is 10.1. The van der Waals surface area contributed by atoms with Crippen molar-refractivity contribution in [2.24, 2.45) is 0 Å². The summed E-state index contributed by atoms with van der Waals surface area (Å²) in [6, 6.07) is 18.3. The van der Waals surface area contributed by atoms with Crippen molar-refractivity contribution in [1.29, 1.82) is 0 Å². The molecule has 0 spiro atoms. The van der Waals surface area contributed by atoms with E-state index in [1.165, 1.54) is 7.11 Å². The van der Waals surface area contributed by atoms with Crippen LogP contribution in [0.25, 0.3) is 11.3 Å². The molecule has 0 atom stereocenters. The number of ether oxygens (including phenoxy) is 2. The number of carbonyl (C=O) groups is 2. The fourth-order valence-corrected chi connectivity index (χ4v) is 2.91. The zero-order chi connectivity index (χ0) is 22.1. The van der Waals surface area contributed by atoms with Crippen LogP contribution in [0.2, 0.25) is 0 Å². The lowest BCUT2D eigenvalue weighted by Gasteiger charge is -2.12. The number of rotatable bonds is 9. The molecule has 0 aliphatic carbocycles. The molecule has 3 rings (SSSR count). The van der Waals surface area contributed by atoms with Crippen molar-refractivity contribution in [3.8, 4) is 22.8 Å². The van der Waals surface area contributed by atoms with Crippen LogP contribution < -0.4 is 20.3 Å². The van der Waals surface area contributed by atoms with E-state index in [2.05, 4.69) is 10.9 Å². The second-order valence-corrected chi connectivity index (χ2v) is 6.85. The Morgan fingerprint density at radius 2 is 1.77 bits per heavy atom. The summed E-state index contributed by atoms with van der Waals surface area (Å²) in [5, 5.41) is 0. The quantitative estimate of drug-likeness (QED) is 0.506. The number of hydrogen-bond acceptors (Lipinski definition) is 5. The van der Waals surface area contributed by atoms with Crippen LogP contribution in [0.15, 0.2) is 65.1 Å². The van der Waals surface area contributed by atoms with E-state index >= 15 is 0 Å². The third-order valence-corrected chi connectivity index (χ3v) is 4.52. The van der Waals surface area contributed by atoms with Crippen molar-refractivity contribution in [3.05, 3.63) is 72.0 Å². The van der Waals surface area contributed by atoms with E-state index in [1.54, 1.807) is 18.2 Å². The zero-order valence-corrected chi connectivity index (χ0v) is 17.6. The van der Waals surface area contributed by atoms with Crippen molar-refractivity contribution in [2.45, 2.75) is 26.2 Å². The van der Waals surface area contributed by atoms with Gasteiger partial charge in [-0.3, -0.25) is 20.4 Å². The summed E-state index contributed by atoms with van der Waals surface area (Å²) in [6.07, 6.45) is 1.46. The van der Waals surface area contributed by atoms with Crippen LogP contribution in [0.1, 0.15) is 35.9 Å².